The Labute approximate surface area is 159 Å². The molecule has 26 heavy (non-hydrogen) atoms. The Morgan fingerprint density at radius 1 is 1.00 bits per heavy atom. The van der Waals surface area contributed by atoms with Gasteiger partial charge in [0.25, 0.3) is 0 Å². The van der Waals surface area contributed by atoms with E-state index in [-0.39, 0.29) is 23.7 Å². The quantitative estimate of drug-likeness (QED) is 0.603. The van der Waals surface area contributed by atoms with E-state index in [9.17, 15) is 9.59 Å². The van der Waals surface area contributed by atoms with E-state index < -0.39 is 0 Å². The lowest BCUT2D eigenvalue weighted by molar-refractivity contribution is -0.142. The smallest absolute Gasteiger partial charge is 0.234 e. The fourth-order valence-electron chi connectivity index (χ4n) is 4.26. The first-order valence-electron chi connectivity index (χ1n) is 9.28. The standard InChI is InChI=1S/C20H24ClN3O2/c1-14-6-7-15(21)12-18(14)23-10-8-22(9-11-23)13-24-19(25)16-4-2-3-5-17(16)20(24)26/h2-3,6-7,12,16-17H,4-5,8-11,13H2,1H3/t16-,17+. The van der Waals surface area contributed by atoms with Gasteiger partial charge in [0.15, 0.2) is 0 Å². The van der Waals surface area contributed by atoms with Crippen molar-refractivity contribution in [3.63, 3.8) is 0 Å². The zero-order chi connectivity index (χ0) is 18.3. The second-order valence-electron chi connectivity index (χ2n) is 7.44. The van der Waals surface area contributed by atoms with Gasteiger partial charge in [0, 0.05) is 36.9 Å². The van der Waals surface area contributed by atoms with Crippen LogP contribution in [0.4, 0.5) is 5.69 Å². The number of benzene rings is 1. The van der Waals surface area contributed by atoms with E-state index in [1.54, 1.807) is 0 Å². The van der Waals surface area contributed by atoms with Crippen molar-refractivity contribution in [3.05, 3.63) is 40.9 Å². The highest BCUT2D eigenvalue weighted by Crippen LogP contribution is 2.35. The van der Waals surface area contributed by atoms with Gasteiger partial charge in [0.2, 0.25) is 11.8 Å². The van der Waals surface area contributed by atoms with Crippen molar-refractivity contribution in [2.75, 3.05) is 37.7 Å². The number of carbonyl (C=O) groups is 2. The Morgan fingerprint density at radius 3 is 2.23 bits per heavy atom. The Morgan fingerprint density at radius 2 is 1.62 bits per heavy atom. The average molecular weight is 374 g/mol. The summed E-state index contributed by atoms with van der Waals surface area (Å²) in [5, 5.41) is 0.748. The molecule has 0 saturated carbocycles. The van der Waals surface area contributed by atoms with Crippen LogP contribution in [0.5, 0.6) is 0 Å². The number of hydrogen-bond acceptors (Lipinski definition) is 4. The first kappa shape index (κ1) is 17.6. The topological polar surface area (TPSA) is 43.9 Å². The van der Waals surface area contributed by atoms with Gasteiger partial charge in [-0.2, -0.15) is 0 Å². The molecule has 2 heterocycles. The number of piperazine rings is 1. The predicted molar refractivity (Wildman–Crippen MR) is 102 cm³/mol. The van der Waals surface area contributed by atoms with Crippen molar-refractivity contribution < 1.29 is 9.59 Å². The summed E-state index contributed by atoms with van der Waals surface area (Å²) in [6, 6.07) is 5.97. The van der Waals surface area contributed by atoms with Crippen LogP contribution >= 0.6 is 11.6 Å². The molecule has 0 bridgehead atoms. The molecule has 2 atom stereocenters. The molecule has 6 heteroatoms. The van der Waals surface area contributed by atoms with Gasteiger partial charge in [-0.25, -0.2) is 0 Å². The summed E-state index contributed by atoms with van der Waals surface area (Å²) in [7, 11) is 0. The molecular formula is C20H24ClN3O2. The molecular weight excluding hydrogens is 350 g/mol. The first-order chi connectivity index (χ1) is 12.5. The van der Waals surface area contributed by atoms with E-state index in [0.717, 1.165) is 31.2 Å². The van der Waals surface area contributed by atoms with Crippen LogP contribution in [0.3, 0.4) is 0 Å². The normalized spacial score (nSPS) is 26.5. The van der Waals surface area contributed by atoms with Gasteiger partial charge < -0.3 is 4.90 Å². The van der Waals surface area contributed by atoms with E-state index in [1.807, 2.05) is 30.4 Å². The molecule has 5 nitrogen and oxygen atoms in total. The second-order valence-corrected chi connectivity index (χ2v) is 7.87. The summed E-state index contributed by atoms with van der Waals surface area (Å²) in [4.78, 5) is 31.2. The van der Waals surface area contributed by atoms with Gasteiger partial charge in [0.05, 0.1) is 18.5 Å². The Balaban J connectivity index is 1.38. The SMILES string of the molecule is Cc1ccc(Cl)cc1N1CCN(CN2C(=O)[C@H]3CC=CC[C@H]3C2=O)CC1. The van der Waals surface area contributed by atoms with Gasteiger partial charge in [-0.1, -0.05) is 29.8 Å². The number of amides is 2. The molecule has 0 unspecified atom stereocenters. The van der Waals surface area contributed by atoms with Crippen molar-refractivity contribution >= 4 is 29.1 Å². The number of fused-ring (bicyclic) bond motifs is 1. The van der Waals surface area contributed by atoms with E-state index in [0.29, 0.717) is 19.5 Å². The molecule has 1 aromatic rings. The molecule has 2 aliphatic heterocycles. The van der Waals surface area contributed by atoms with Crippen LogP contribution in [0.15, 0.2) is 30.4 Å². The van der Waals surface area contributed by atoms with Crippen LogP contribution in [-0.4, -0.2) is 54.5 Å². The third-order valence-corrected chi connectivity index (χ3v) is 6.06. The number of hydrogen-bond donors (Lipinski definition) is 0. The molecule has 3 aliphatic rings. The molecule has 0 N–H and O–H groups in total. The van der Waals surface area contributed by atoms with Crippen LogP contribution in [-0.2, 0) is 9.59 Å². The second kappa shape index (κ2) is 7.05. The minimum absolute atomic E-state index is 0.0115. The van der Waals surface area contributed by atoms with Crippen LogP contribution < -0.4 is 4.90 Å². The van der Waals surface area contributed by atoms with E-state index in [4.69, 9.17) is 11.6 Å². The van der Waals surface area contributed by atoms with Crippen LogP contribution in [0.25, 0.3) is 0 Å². The minimum Gasteiger partial charge on any atom is -0.369 e. The third kappa shape index (κ3) is 3.14. The van der Waals surface area contributed by atoms with Crippen LogP contribution in [0.1, 0.15) is 18.4 Å². The number of carbonyl (C=O) groups excluding carboxylic acids is 2. The number of imide groups is 1. The van der Waals surface area contributed by atoms with Gasteiger partial charge in [-0.05, 0) is 37.5 Å². The van der Waals surface area contributed by atoms with Crippen molar-refractivity contribution in [1.29, 1.82) is 0 Å². The lowest BCUT2D eigenvalue weighted by atomic mass is 9.85. The molecule has 0 spiro atoms. The van der Waals surface area contributed by atoms with Gasteiger partial charge in [-0.3, -0.25) is 19.4 Å². The molecule has 4 rings (SSSR count). The first-order valence-corrected chi connectivity index (χ1v) is 9.66. The zero-order valence-electron chi connectivity index (χ0n) is 15.0. The molecule has 1 aromatic carbocycles. The number of rotatable bonds is 3. The lowest BCUT2D eigenvalue weighted by Gasteiger charge is -2.38. The molecule has 2 amide bonds. The number of allylic oxidation sites excluding steroid dienone is 2. The van der Waals surface area contributed by atoms with Crippen LogP contribution in [0.2, 0.25) is 5.02 Å². The van der Waals surface area contributed by atoms with Crippen molar-refractivity contribution in [3.8, 4) is 0 Å². The Hall–Kier alpha value is -1.85. The fourth-order valence-corrected chi connectivity index (χ4v) is 4.43. The number of likely N-dealkylation sites (tertiary alicyclic amines) is 1. The summed E-state index contributed by atoms with van der Waals surface area (Å²) in [6.07, 6.45) is 5.46. The average Bonchev–Trinajstić information content (AvgIpc) is 2.90. The number of anilines is 1. The molecule has 1 aliphatic carbocycles. The summed E-state index contributed by atoms with van der Waals surface area (Å²) >= 11 is 6.15. The van der Waals surface area contributed by atoms with Gasteiger partial charge >= 0.3 is 0 Å². The number of aryl methyl sites for hydroxylation is 1. The minimum atomic E-state index is -0.136. The third-order valence-electron chi connectivity index (χ3n) is 5.82. The van der Waals surface area contributed by atoms with E-state index >= 15 is 0 Å². The van der Waals surface area contributed by atoms with Crippen LogP contribution in [0, 0.1) is 18.8 Å². The van der Waals surface area contributed by atoms with Crippen molar-refractivity contribution in [2.45, 2.75) is 19.8 Å². The van der Waals surface area contributed by atoms with Gasteiger partial charge in [-0.15, -0.1) is 0 Å². The zero-order valence-corrected chi connectivity index (χ0v) is 15.8. The lowest BCUT2D eigenvalue weighted by Crippen LogP contribution is -2.51. The molecule has 0 radical (unpaired) electrons. The maximum Gasteiger partial charge on any atom is 0.234 e. The summed E-state index contributed by atoms with van der Waals surface area (Å²) in [6.45, 7) is 5.91. The highest BCUT2D eigenvalue weighted by molar-refractivity contribution is 6.30. The summed E-state index contributed by atoms with van der Waals surface area (Å²) < 4.78 is 0. The monoisotopic (exact) mass is 373 g/mol. The largest absolute Gasteiger partial charge is 0.369 e. The number of nitrogens with zero attached hydrogens (tertiary/aromatic N) is 3. The highest BCUT2D eigenvalue weighted by atomic mass is 35.5. The van der Waals surface area contributed by atoms with Crippen molar-refractivity contribution in [2.24, 2.45) is 11.8 Å². The molecule has 2 saturated heterocycles. The predicted octanol–water partition coefficient (Wildman–Crippen LogP) is 2.68. The fraction of sp³-hybridized carbons (Fsp3) is 0.500. The Kier molecular flexibility index (Phi) is 4.76. The summed E-state index contributed by atoms with van der Waals surface area (Å²) in [5.41, 5.74) is 2.38. The maximum absolute atomic E-state index is 12.6. The number of halogens is 1. The summed E-state index contributed by atoms with van der Waals surface area (Å²) in [5.74, 6) is -0.249. The molecule has 0 aromatic heterocycles. The maximum atomic E-state index is 12.6. The van der Waals surface area contributed by atoms with Gasteiger partial charge in [0.1, 0.15) is 0 Å². The van der Waals surface area contributed by atoms with E-state index in [1.165, 1.54) is 16.2 Å². The molecule has 138 valence electrons. The Bertz CT molecular complexity index is 729. The highest BCUT2D eigenvalue weighted by Gasteiger charge is 2.47. The van der Waals surface area contributed by atoms with Crippen molar-refractivity contribution in [1.82, 2.24) is 9.80 Å². The molecule has 2 fully saturated rings. The van der Waals surface area contributed by atoms with E-state index in [2.05, 4.69) is 16.7 Å².